The number of benzene rings is 3. The number of para-hydroxylation sites is 1. The van der Waals surface area contributed by atoms with Crippen molar-refractivity contribution in [1.29, 1.82) is 0 Å². The maximum absolute atomic E-state index is 15.7. The molecule has 1 saturated heterocycles. The highest BCUT2D eigenvalue weighted by Crippen LogP contribution is 2.43. The molecule has 0 aromatic heterocycles. The molecule has 5 rings (SSSR count). The lowest BCUT2D eigenvalue weighted by atomic mass is 9.83. The molecule has 0 aliphatic carbocycles. The molecule has 0 bridgehead atoms. The van der Waals surface area contributed by atoms with E-state index in [-0.39, 0.29) is 23.9 Å². The van der Waals surface area contributed by atoms with E-state index >= 15 is 8.78 Å². The van der Waals surface area contributed by atoms with E-state index in [2.05, 4.69) is 5.32 Å². The Labute approximate surface area is 229 Å². The lowest BCUT2D eigenvalue weighted by Crippen LogP contribution is -2.54. The summed E-state index contributed by atoms with van der Waals surface area (Å²) in [4.78, 5) is 3.13. The summed E-state index contributed by atoms with van der Waals surface area (Å²) < 4.78 is 84.8. The second-order valence-electron chi connectivity index (χ2n) is 10.7. The van der Waals surface area contributed by atoms with Crippen LogP contribution < -0.4 is 5.32 Å². The molecule has 2 N–H and O–H groups in total. The van der Waals surface area contributed by atoms with Crippen molar-refractivity contribution in [3.05, 3.63) is 82.9 Å². The number of nitrogens with zero attached hydrogens (tertiary/aromatic N) is 2. The molecular weight excluding hydrogens is 532 g/mol. The van der Waals surface area contributed by atoms with Crippen LogP contribution in [-0.2, 0) is 6.42 Å². The van der Waals surface area contributed by atoms with E-state index in [1.54, 1.807) is 43.3 Å². The Bertz CT molecular complexity index is 1330. The quantitative estimate of drug-likeness (QED) is 0.300. The third kappa shape index (κ3) is 5.93. The van der Waals surface area contributed by atoms with Gasteiger partial charge in [-0.15, -0.1) is 0 Å². The SMILES string of the molecule is C[C@@H]1Cc2cc(-c3ccccc3O)ccc2[C@@H](c2c(F)cc(NC3CN(CCCF)C3)cc2F)N1CC(F)(F)F. The smallest absolute Gasteiger partial charge is 0.401 e. The number of halogens is 6. The minimum Gasteiger partial charge on any atom is -0.507 e. The third-order valence-electron chi connectivity index (χ3n) is 7.72. The van der Waals surface area contributed by atoms with Crippen molar-refractivity contribution in [3.63, 3.8) is 0 Å². The van der Waals surface area contributed by atoms with Crippen LogP contribution in [0, 0.1) is 11.6 Å². The van der Waals surface area contributed by atoms with E-state index in [0.29, 0.717) is 48.3 Å². The van der Waals surface area contributed by atoms with Crippen molar-refractivity contribution >= 4 is 5.69 Å². The van der Waals surface area contributed by atoms with Gasteiger partial charge >= 0.3 is 6.18 Å². The molecule has 2 aliphatic rings. The molecule has 3 aromatic rings. The van der Waals surface area contributed by atoms with Gasteiger partial charge < -0.3 is 10.4 Å². The summed E-state index contributed by atoms with van der Waals surface area (Å²) in [5.41, 5.74) is 2.04. The number of fused-ring (bicyclic) bond motifs is 1. The summed E-state index contributed by atoms with van der Waals surface area (Å²) in [5.74, 6) is -1.81. The first-order valence-electron chi connectivity index (χ1n) is 13.3. The minimum absolute atomic E-state index is 0.0544. The van der Waals surface area contributed by atoms with Gasteiger partial charge in [-0.2, -0.15) is 13.2 Å². The minimum atomic E-state index is -4.58. The van der Waals surface area contributed by atoms with Crippen LogP contribution in [0.4, 0.5) is 32.0 Å². The highest BCUT2D eigenvalue weighted by molar-refractivity contribution is 5.71. The number of phenols is 1. The first-order valence-corrected chi connectivity index (χ1v) is 13.3. The second kappa shape index (κ2) is 11.3. The van der Waals surface area contributed by atoms with Crippen LogP contribution in [0.1, 0.15) is 36.1 Å². The molecule has 2 aliphatic heterocycles. The topological polar surface area (TPSA) is 38.7 Å². The maximum atomic E-state index is 15.7. The maximum Gasteiger partial charge on any atom is 0.401 e. The molecule has 0 radical (unpaired) electrons. The van der Waals surface area contributed by atoms with Gasteiger partial charge in [-0.3, -0.25) is 14.2 Å². The van der Waals surface area contributed by atoms with Crippen LogP contribution in [0.15, 0.2) is 54.6 Å². The fourth-order valence-corrected chi connectivity index (χ4v) is 5.87. The number of anilines is 1. The fraction of sp³-hybridized carbons (Fsp3) is 0.400. The zero-order valence-corrected chi connectivity index (χ0v) is 22.0. The van der Waals surface area contributed by atoms with Gasteiger partial charge in [0.25, 0.3) is 0 Å². The lowest BCUT2D eigenvalue weighted by molar-refractivity contribution is -0.155. The van der Waals surface area contributed by atoms with Crippen LogP contribution in [0.2, 0.25) is 0 Å². The van der Waals surface area contributed by atoms with Crippen LogP contribution >= 0.6 is 0 Å². The number of aromatic hydroxyl groups is 1. The number of hydrogen-bond donors (Lipinski definition) is 2. The zero-order valence-electron chi connectivity index (χ0n) is 22.0. The molecule has 4 nitrogen and oxygen atoms in total. The molecule has 0 spiro atoms. The van der Waals surface area contributed by atoms with Gasteiger partial charge in [0, 0.05) is 42.5 Å². The summed E-state index contributed by atoms with van der Waals surface area (Å²) in [6.07, 6.45) is -3.91. The van der Waals surface area contributed by atoms with Gasteiger partial charge in [-0.05, 0) is 54.7 Å². The fourth-order valence-electron chi connectivity index (χ4n) is 5.87. The van der Waals surface area contributed by atoms with E-state index in [0.717, 1.165) is 17.0 Å². The monoisotopic (exact) mass is 563 g/mol. The largest absolute Gasteiger partial charge is 0.507 e. The van der Waals surface area contributed by atoms with Crippen LogP contribution in [-0.4, -0.2) is 66.0 Å². The Kier molecular flexibility index (Phi) is 8.01. The predicted molar refractivity (Wildman–Crippen MR) is 142 cm³/mol. The van der Waals surface area contributed by atoms with Gasteiger partial charge in [0.15, 0.2) is 0 Å². The third-order valence-corrected chi connectivity index (χ3v) is 7.72. The van der Waals surface area contributed by atoms with Gasteiger partial charge in [-0.1, -0.05) is 36.4 Å². The Hall–Kier alpha value is -3.24. The molecule has 10 heteroatoms. The van der Waals surface area contributed by atoms with Crippen LogP contribution in [0.5, 0.6) is 5.75 Å². The molecular formula is C30H31F6N3O. The highest BCUT2D eigenvalue weighted by atomic mass is 19.4. The summed E-state index contributed by atoms with van der Waals surface area (Å²) in [7, 11) is 0. The zero-order chi connectivity index (χ0) is 28.6. The first kappa shape index (κ1) is 28.3. The molecule has 3 aromatic carbocycles. The van der Waals surface area contributed by atoms with E-state index in [9.17, 15) is 22.7 Å². The van der Waals surface area contributed by atoms with E-state index < -0.39 is 48.7 Å². The van der Waals surface area contributed by atoms with Crippen molar-refractivity contribution in [2.75, 3.05) is 38.2 Å². The van der Waals surface area contributed by atoms with Crippen molar-refractivity contribution < 1.29 is 31.4 Å². The Morgan fingerprint density at radius 2 is 1.70 bits per heavy atom. The van der Waals surface area contributed by atoms with E-state index in [1.165, 1.54) is 6.07 Å². The number of likely N-dealkylation sites (tertiary alicyclic amines) is 1. The first-order chi connectivity index (χ1) is 19.0. The van der Waals surface area contributed by atoms with Gasteiger partial charge in [0.05, 0.1) is 25.3 Å². The second-order valence-corrected chi connectivity index (χ2v) is 10.7. The molecule has 0 saturated carbocycles. The van der Waals surface area contributed by atoms with Gasteiger partial charge in [0.2, 0.25) is 0 Å². The van der Waals surface area contributed by atoms with E-state index in [4.69, 9.17) is 0 Å². The molecule has 0 unspecified atom stereocenters. The van der Waals surface area contributed by atoms with Crippen molar-refractivity contribution in [3.8, 4) is 16.9 Å². The summed E-state index contributed by atoms with van der Waals surface area (Å²) >= 11 is 0. The van der Waals surface area contributed by atoms with Crippen molar-refractivity contribution in [2.45, 2.75) is 44.1 Å². The van der Waals surface area contributed by atoms with Gasteiger partial charge in [0.1, 0.15) is 17.4 Å². The van der Waals surface area contributed by atoms with Crippen molar-refractivity contribution in [1.82, 2.24) is 9.80 Å². The average molecular weight is 564 g/mol. The summed E-state index contributed by atoms with van der Waals surface area (Å²) in [6.45, 7) is 1.71. The highest BCUT2D eigenvalue weighted by Gasteiger charge is 2.42. The summed E-state index contributed by atoms with van der Waals surface area (Å²) in [6, 6.07) is 12.0. The predicted octanol–water partition coefficient (Wildman–Crippen LogP) is 6.69. The van der Waals surface area contributed by atoms with Crippen LogP contribution in [0.25, 0.3) is 11.1 Å². The Morgan fingerprint density at radius 3 is 2.35 bits per heavy atom. The lowest BCUT2D eigenvalue weighted by Gasteiger charge is -2.43. The molecule has 40 heavy (non-hydrogen) atoms. The standard InChI is InChI=1S/C30H31F6N3O/c1-18-11-20-12-19(23-5-2-3-6-27(23)40)7-8-24(20)29(39(18)17-30(34,35)36)28-25(32)13-21(14-26(28)33)37-22-15-38(16-22)10-4-9-31/h2-3,5-8,12-14,18,22,29,37,40H,4,9-11,15-17H2,1H3/t18-,29+/m1/s1. The van der Waals surface area contributed by atoms with Gasteiger partial charge in [-0.25, -0.2) is 8.78 Å². The Balaban J connectivity index is 1.49. The van der Waals surface area contributed by atoms with E-state index in [1.807, 2.05) is 4.90 Å². The molecule has 0 amide bonds. The summed E-state index contributed by atoms with van der Waals surface area (Å²) in [5, 5.41) is 13.4. The Morgan fingerprint density at radius 1 is 1.00 bits per heavy atom. The normalized spacial score (nSPS) is 20.3. The molecule has 214 valence electrons. The molecule has 2 heterocycles. The number of rotatable bonds is 8. The number of nitrogens with one attached hydrogen (secondary N) is 1. The molecule has 1 fully saturated rings. The van der Waals surface area contributed by atoms with Crippen LogP contribution in [0.3, 0.4) is 0 Å². The average Bonchev–Trinajstić information content (AvgIpc) is 2.86. The van der Waals surface area contributed by atoms with Crippen molar-refractivity contribution in [2.24, 2.45) is 0 Å². The number of hydrogen-bond acceptors (Lipinski definition) is 4. The molecule has 2 atom stereocenters. The number of alkyl halides is 4. The number of phenolic OH excluding ortho intramolecular Hbond substituents is 1.